The van der Waals surface area contributed by atoms with Crippen molar-refractivity contribution in [2.45, 2.75) is 45.8 Å². The van der Waals surface area contributed by atoms with Crippen LogP contribution in [0.4, 0.5) is 0 Å². The van der Waals surface area contributed by atoms with Crippen LogP contribution in [0.25, 0.3) is 0 Å². The molecular formula is C25H36N2O4S. The van der Waals surface area contributed by atoms with Gasteiger partial charge in [-0.05, 0) is 55.3 Å². The number of aliphatic hydroxyl groups excluding tert-OH is 1. The molecule has 2 heterocycles. The molecule has 3 rings (SSSR count). The van der Waals surface area contributed by atoms with E-state index in [4.69, 9.17) is 9.47 Å². The molecule has 0 bridgehead atoms. The van der Waals surface area contributed by atoms with Crippen molar-refractivity contribution < 1.29 is 19.4 Å². The summed E-state index contributed by atoms with van der Waals surface area (Å²) in [6.45, 7) is 9.04. The van der Waals surface area contributed by atoms with Gasteiger partial charge >= 0.3 is 0 Å². The number of hydrogen-bond acceptors (Lipinski definition) is 6. The first-order valence-electron chi connectivity index (χ1n) is 11.4. The molecule has 32 heavy (non-hydrogen) atoms. The van der Waals surface area contributed by atoms with E-state index >= 15 is 0 Å². The van der Waals surface area contributed by atoms with Crippen LogP contribution in [-0.4, -0.2) is 73.4 Å². The topological polar surface area (TPSA) is 62.2 Å². The predicted octanol–water partition coefficient (Wildman–Crippen LogP) is 3.59. The van der Waals surface area contributed by atoms with Crippen LogP contribution in [0, 0.1) is 13.8 Å². The van der Waals surface area contributed by atoms with Crippen LogP contribution in [0.2, 0.25) is 0 Å². The lowest BCUT2D eigenvalue weighted by Gasteiger charge is -2.37. The third-order valence-electron chi connectivity index (χ3n) is 6.05. The Morgan fingerprint density at radius 1 is 1.34 bits per heavy atom. The number of hydrogen-bond donors (Lipinski definition) is 1. The lowest BCUT2D eigenvalue weighted by Crippen LogP contribution is -2.48. The zero-order valence-electron chi connectivity index (χ0n) is 19.7. The molecule has 0 spiro atoms. The molecule has 1 aliphatic rings. The maximum absolute atomic E-state index is 13.4. The number of rotatable bonds is 11. The van der Waals surface area contributed by atoms with E-state index in [1.165, 1.54) is 16.0 Å². The van der Waals surface area contributed by atoms with Crippen molar-refractivity contribution in [3.8, 4) is 5.75 Å². The Hall–Kier alpha value is -1.93. The second kappa shape index (κ2) is 11.8. The van der Waals surface area contributed by atoms with Gasteiger partial charge in [-0.1, -0.05) is 24.6 Å². The van der Waals surface area contributed by atoms with E-state index in [1.807, 2.05) is 22.8 Å². The summed E-state index contributed by atoms with van der Waals surface area (Å²) in [6, 6.07) is 8.18. The van der Waals surface area contributed by atoms with Crippen molar-refractivity contribution in [1.29, 1.82) is 0 Å². The summed E-state index contributed by atoms with van der Waals surface area (Å²) < 4.78 is 11.4. The van der Waals surface area contributed by atoms with Crippen LogP contribution in [0.5, 0.6) is 5.75 Å². The van der Waals surface area contributed by atoms with Crippen molar-refractivity contribution >= 4 is 17.2 Å². The lowest BCUT2D eigenvalue weighted by atomic mass is 10.00. The Labute approximate surface area is 195 Å². The predicted molar refractivity (Wildman–Crippen MR) is 129 cm³/mol. The molecule has 0 saturated carbocycles. The molecule has 1 amide bonds. The minimum Gasteiger partial charge on any atom is -0.491 e. The van der Waals surface area contributed by atoms with Crippen molar-refractivity contribution in [1.82, 2.24) is 9.80 Å². The maximum Gasteiger partial charge on any atom is 0.237 e. The zero-order valence-corrected chi connectivity index (χ0v) is 20.5. The highest BCUT2D eigenvalue weighted by Gasteiger charge is 2.33. The van der Waals surface area contributed by atoms with Crippen LogP contribution < -0.4 is 4.74 Å². The molecule has 0 saturated heterocycles. The smallest absolute Gasteiger partial charge is 0.237 e. The number of methoxy groups -OCH3 is 1. The van der Waals surface area contributed by atoms with Crippen LogP contribution in [0.3, 0.4) is 0 Å². The number of amides is 1. The van der Waals surface area contributed by atoms with Gasteiger partial charge in [-0.25, -0.2) is 0 Å². The SMILES string of the molecule is CCC(O)CN(CCOC)CC(=O)N1CCc2sccc2C1COc1ccc(C)cc1C. The maximum atomic E-state index is 13.4. The summed E-state index contributed by atoms with van der Waals surface area (Å²) in [5.74, 6) is 0.925. The van der Waals surface area contributed by atoms with E-state index in [1.54, 1.807) is 18.4 Å². The van der Waals surface area contributed by atoms with Gasteiger partial charge in [-0.2, -0.15) is 0 Å². The number of carbonyl (C=O) groups excluding carboxylic acids is 1. The van der Waals surface area contributed by atoms with Gasteiger partial charge in [0.05, 0.1) is 25.3 Å². The van der Waals surface area contributed by atoms with Gasteiger partial charge < -0.3 is 19.5 Å². The van der Waals surface area contributed by atoms with E-state index in [0.29, 0.717) is 39.3 Å². The number of fused-ring (bicyclic) bond motifs is 1. The number of nitrogens with zero attached hydrogens (tertiary/aromatic N) is 2. The molecule has 2 atom stereocenters. The summed E-state index contributed by atoms with van der Waals surface area (Å²) in [7, 11) is 1.65. The third kappa shape index (κ3) is 6.32. The number of carbonyl (C=O) groups is 1. The van der Waals surface area contributed by atoms with E-state index < -0.39 is 6.10 Å². The van der Waals surface area contributed by atoms with Gasteiger partial charge in [0, 0.05) is 31.6 Å². The van der Waals surface area contributed by atoms with E-state index in [9.17, 15) is 9.90 Å². The van der Waals surface area contributed by atoms with E-state index in [0.717, 1.165) is 17.7 Å². The standard InChI is InChI=1S/C25H36N2O4S/c1-5-20(28)15-26(11-12-30-4)16-25(29)27-10-8-24-21(9-13-32-24)22(27)17-31-23-7-6-18(2)14-19(23)3/h6-7,9,13-14,20,22,28H,5,8,10-12,15-17H2,1-4H3. The molecule has 0 fully saturated rings. The molecule has 1 aromatic heterocycles. The molecular weight excluding hydrogens is 424 g/mol. The van der Waals surface area contributed by atoms with Gasteiger partial charge in [-0.3, -0.25) is 9.69 Å². The number of benzene rings is 1. The van der Waals surface area contributed by atoms with Gasteiger partial charge in [0.25, 0.3) is 0 Å². The summed E-state index contributed by atoms with van der Waals surface area (Å²) >= 11 is 1.75. The van der Waals surface area contributed by atoms with Crippen molar-refractivity contribution in [2.24, 2.45) is 0 Å². The molecule has 176 valence electrons. The largest absolute Gasteiger partial charge is 0.491 e. The monoisotopic (exact) mass is 460 g/mol. The number of aryl methyl sites for hydroxylation is 2. The van der Waals surface area contributed by atoms with Crippen LogP contribution >= 0.6 is 11.3 Å². The minimum absolute atomic E-state index is 0.0653. The number of ether oxygens (including phenoxy) is 2. The Balaban J connectivity index is 1.74. The molecule has 2 aromatic rings. The van der Waals surface area contributed by atoms with Gasteiger partial charge in [0.15, 0.2) is 0 Å². The molecule has 2 unspecified atom stereocenters. The van der Waals surface area contributed by atoms with Crippen molar-refractivity contribution in [3.63, 3.8) is 0 Å². The van der Waals surface area contributed by atoms with Gasteiger partial charge in [0.2, 0.25) is 5.91 Å². The second-order valence-corrected chi connectivity index (χ2v) is 9.52. The third-order valence-corrected chi connectivity index (χ3v) is 7.05. The summed E-state index contributed by atoms with van der Waals surface area (Å²) in [5.41, 5.74) is 3.50. The van der Waals surface area contributed by atoms with Crippen molar-refractivity contribution in [2.75, 3.05) is 46.5 Å². The Kier molecular flexibility index (Phi) is 9.11. The first-order chi connectivity index (χ1) is 15.4. The second-order valence-electron chi connectivity index (χ2n) is 8.52. The average Bonchev–Trinajstić information content (AvgIpc) is 3.25. The fraction of sp³-hybridized carbons (Fsp3) is 0.560. The Bertz CT molecular complexity index is 885. The highest BCUT2D eigenvalue weighted by atomic mass is 32.1. The van der Waals surface area contributed by atoms with Crippen LogP contribution in [-0.2, 0) is 16.0 Å². The molecule has 0 aliphatic carbocycles. The molecule has 7 heteroatoms. The minimum atomic E-state index is -0.451. The number of aliphatic hydroxyl groups is 1. The van der Waals surface area contributed by atoms with Crippen LogP contribution in [0.15, 0.2) is 29.6 Å². The molecule has 0 radical (unpaired) electrons. The lowest BCUT2D eigenvalue weighted by molar-refractivity contribution is -0.136. The van der Waals surface area contributed by atoms with Gasteiger partial charge in [0.1, 0.15) is 12.4 Å². The highest BCUT2D eigenvalue weighted by molar-refractivity contribution is 7.10. The van der Waals surface area contributed by atoms with Gasteiger partial charge in [-0.15, -0.1) is 11.3 Å². The summed E-state index contributed by atoms with van der Waals surface area (Å²) in [4.78, 5) is 18.7. The Morgan fingerprint density at radius 2 is 2.16 bits per heavy atom. The fourth-order valence-electron chi connectivity index (χ4n) is 4.17. The molecule has 1 aromatic carbocycles. The summed E-state index contributed by atoms with van der Waals surface area (Å²) in [6.07, 6.45) is 1.08. The Morgan fingerprint density at radius 3 is 2.88 bits per heavy atom. The zero-order chi connectivity index (χ0) is 23.1. The quantitative estimate of drug-likeness (QED) is 0.555. The number of thiophene rings is 1. The average molecular weight is 461 g/mol. The fourth-order valence-corrected chi connectivity index (χ4v) is 5.10. The normalized spacial score (nSPS) is 16.8. The van der Waals surface area contributed by atoms with E-state index in [-0.39, 0.29) is 18.5 Å². The van der Waals surface area contributed by atoms with Crippen LogP contribution in [0.1, 0.15) is 41.0 Å². The first kappa shape index (κ1) is 24.7. The summed E-state index contributed by atoms with van der Waals surface area (Å²) in [5, 5.41) is 12.2. The molecule has 1 aliphatic heterocycles. The first-order valence-corrected chi connectivity index (χ1v) is 12.3. The molecule has 6 nitrogen and oxygen atoms in total. The van der Waals surface area contributed by atoms with Crippen molar-refractivity contribution in [3.05, 3.63) is 51.2 Å². The highest BCUT2D eigenvalue weighted by Crippen LogP contribution is 2.34. The van der Waals surface area contributed by atoms with E-state index in [2.05, 4.69) is 37.4 Å². The molecule has 1 N–H and O–H groups in total.